The summed E-state index contributed by atoms with van der Waals surface area (Å²) in [5.74, 6) is -0.248. The van der Waals surface area contributed by atoms with Gasteiger partial charge in [0.1, 0.15) is 11.5 Å². The number of hydrogen-bond donors (Lipinski definition) is 3. The maximum Gasteiger partial charge on any atom is 0.293 e. The minimum atomic E-state index is -0.390. The van der Waals surface area contributed by atoms with Crippen molar-refractivity contribution in [3.8, 4) is 0 Å². The zero-order valence-electron chi connectivity index (χ0n) is 16.1. The lowest BCUT2D eigenvalue weighted by atomic mass is 10.2. The zero-order chi connectivity index (χ0) is 21.7. The number of nitrogens with one attached hydrogen (secondary N) is 2. The zero-order valence-corrected chi connectivity index (χ0v) is 18.2. The first-order valence-electron chi connectivity index (χ1n) is 9.10. The molecular formula is C20H20FIN4O4. The lowest BCUT2D eigenvalue weighted by Crippen LogP contribution is -2.27. The maximum absolute atomic E-state index is 14.4. The molecule has 1 aliphatic carbocycles. The van der Waals surface area contributed by atoms with Crippen LogP contribution in [0.15, 0.2) is 36.7 Å². The standard InChI is InChI=1S/C19H18FIN4O2.CH2O2/c1-25-16-6-7-22-9-13(16)17(23-15-5-4-12(21)8-14(15)20)18(25)19(26)24-27-10-11-2-3-11;2-1-3/h4-9,11,23H,2-3,10H2,1H3,(H,24,26);1H,(H,2,3). The van der Waals surface area contributed by atoms with Crippen LogP contribution in [0.4, 0.5) is 15.8 Å². The van der Waals surface area contributed by atoms with Gasteiger partial charge in [0, 0.05) is 28.4 Å². The summed E-state index contributed by atoms with van der Waals surface area (Å²) in [7, 11) is 1.79. The minimum Gasteiger partial charge on any atom is -0.483 e. The molecule has 0 saturated heterocycles. The summed E-state index contributed by atoms with van der Waals surface area (Å²) in [5.41, 5.74) is 4.46. The van der Waals surface area contributed by atoms with Crippen molar-refractivity contribution in [1.29, 1.82) is 0 Å². The third-order valence-electron chi connectivity index (χ3n) is 4.59. The summed E-state index contributed by atoms with van der Waals surface area (Å²) in [6, 6.07) is 6.70. The molecule has 1 aromatic carbocycles. The van der Waals surface area contributed by atoms with Gasteiger partial charge in [0.25, 0.3) is 12.4 Å². The summed E-state index contributed by atoms with van der Waals surface area (Å²) in [6.45, 7) is 0.256. The largest absolute Gasteiger partial charge is 0.483 e. The highest BCUT2D eigenvalue weighted by Crippen LogP contribution is 2.33. The van der Waals surface area contributed by atoms with E-state index in [-0.39, 0.29) is 18.2 Å². The van der Waals surface area contributed by atoms with Crippen molar-refractivity contribution < 1.29 is 23.9 Å². The summed E-state index contributed by atoms with van der Waals surface area (Å²) >= 11 is 2.05. The normalized spacial score (nSPS) is 12.8. The number of aromatic nitrogens is 2. The van der Waals surface area contributed by atoms with Crippen LogP contribution in [0.25, 0.3) is 10.9 Å². The first-order chi connectivity index (χ1) is 14.5. The fourth-order valence-corrected chi connectivity index (χ4v) is 3.42. The van der Waals surface area contributed by atoms with Crippen molar-refractivity contribution in [3.63, 3.8) is 0 Å². The van der Waals surface area contributed by atoms with Crippen molar-refractivity contribution in [2.24, 2.45) is 13.0 Å². The number of carbonyl (C=O) groups excluding carboxylic acids is 1. The first-order valence-corrected chi connectivity index (χ1v) is 10.2. The summed E-state index contributed by atoms with van der Waals surface area (Å²) in [5, 5.41) is 10.7. The molecular weight excluding hydrogens is 506 g/mol. The number of amides is 1. The van der Waals surface area contributed by atoms with E-state index in [0.29, 0.717) is 29.6 Å². The molecule has 158 valence electrons. The van der Waals surface area contributed by atoms with Gasteiger partial charge in [0.15, 0.2) is 0 Å². The van der Waals surface area contributed by atoms with Crippen LogP contribution in [-0.4, -0.2) is 33.6 Å². The van der Waals surface area contributed by atoms with Crippen LogP contribution >= 0.6 is 22.6 Å². The molecule has 8 nitrogen and oxygen atoms in total. The topological polar surface area (TPSA) is 105 Å². The first kappa shape index (κ1) is 22.0. The Morgan fingerprint density at radius 1 is 1.43 bits per heavy atom. The van der Waals surface area contributed by atoms with Gasteiger partial charge in [-0.1, -0.05) is 0 Å². The molecule has 1 saturated carbocycles. The van der Waals surface area contributed by atoms with Crippen molar-refractivity contribution in [1.82, 2.24) is 15.0 Å². The summed E-state index contributed by atoms with van der Waals surface area (Å²) in [4.78, 5) is 30.6. The van der Waals surface area contributed by atoms with Crippen molar-refractivity contribution >= 4 is 57.2 Å². The molecule has 30 heavy (non-hydrogen) atoms. The number of carbonyl (C=O) groups is 2. The number of aryl methyl sites for hydroxylation is 1. The van der Waals surface area contributed by atoms with E-state index in [1.807, 2.05) is 6.07 Å². The van der Waals surface area contributed by atoms with Crippen molar-refractivity contribution in [2.45, 2.75) is 12.8 Å². The maximum atomic E-state index is 14.4. The number of pyridine rings is 1. The fourth-order valence-electron chi connectivity index (χ4n) is 2.96. The monoisotopic (exact) mass is 526 g/mol. The van der Waals surface area contributed by atoms with Gasteiger partial charge in [0.05, 0.1) is 23.5 Å². The Kier molecular flexibility index (Phi) is 7.21. The van der Waals surface area contributed by atoms with E-state index in [0.717, 1.165) is 27.3 Å². The van der Waals surface area contributed by atoms with Crippen LogP contribution in [0.3, 0.4) is 0 Å². The third-order valence-corrected chi connectivity index (χ3v) is 5.26. The molecule has 0 unspecified atom stereocenters. The molecule has 0 bridgehead atoms. The predicted molar refractivity (Wildman–Crippen MR) is 118 cm³/mol. The van der Waals surface area contributed by atoms with Crippen LogP contribution in [0.2, 0.25) is 0 Å². The van der Waals surface area contributed by atoms with Crippen LogP contribution < -0.4 is 10.8 Å². The van der Waals surface area contributed by atoms with E-state index >= 15 is 0 Å². The molecule has 0 spiro atoms. The van der Waals surface area contributed by atoms with Crippen molar-refractivity contribution in [2.75, 3.05) is 11.9 Å². The lowest BCUT2D eigenvalue weighted by molar-refractivity contribution is -0.122. The second-order valence-electron chi connectivity index (χ2n) is 6.72. The SMILES string of the molecule is Cn1c(C(=O)NOCC2CC2)c(Nc2ccc(I)cc2F)c2cnccc21.O=CO. The van der Waals surface area contributed by atoms with Gasteiger partial charge in [0.2, 0.25) is 0 Å². The molecule has 2 aromatic heterocycles. The van der Waals surface area contributed by atoms with E-state index in [9.17, 15) is 9.18 Å². The molecule has 4 rings (SSSR count). The van der Waals surface area contributed by atoms with Crippen LogP contribution in [-0.2, 0) is 16.7 Å². The number of anilines is 2. The Hall–Kier alpha value is -2.73. The smallest absolute Gasteiger partial charge is 0.293 e. The summed E-state index contributed by atoms with van der Waals surface area (Å²) in [6.07, 6.45) is 5.58. The number of rotatable bonds is 6. The Balaban J connectivity index is 0.000000806. The predicted octanol–water partition coefficient (Wildman–Crippen LogP) is 3.83. The second-order valence-corrected chi connectivity index (χ2v) is 7.96. The fraction of sp³-hybridized carbons (Fsp3) is 0.250. The Morgan fingerprint density at radius 3 is 2.83 bits per heavy atom. The molecule has 0 radical (unpaired) electrons. The molecule has 1 fully saturated rings. The van der Waals surface area contributed by atoms with Gasteiger partial charge in [-0.05, 0) is 65.6 Å². The van der Waals surface area contributed by atoms with E-state index in [2.05, 4.69) is 38.4 Å². The Bertz CT molecular complexity index is 1070. The van der Waals surface area contributed by atoms with E-state index in [1.165, 1.54) is 6.07 Å². The highest BCUT2D eigenvalue weighted by atomic mass is 127. The molecule has 0 atom stereocenters. The molecule has 1 aliphatic rings. The van der Waals surface area contributed by atoms with Gasteiger partial charge >= 0.3 is 0 Å². The quantitative estimate of drug-likeness (QED) is 0.256. The Morgan fingerprint density at radius 2 is 2.17 bits per heavy atom. The van der Waals surface area contributed by atoms with Gasteiger partial charge in [-0.3, -0.25) is 19.4 Å². The van der Waals surface area contributed by atoms with Gasteiger partial charge < -0.3 is 15.0 Å². The number of carboxylic acid groups (broad SMARTS) is 1. The van der Waals surface area contributed by atoms with Crippen LogP contribution in [0.5, 0.6) is 0 Å². The number of halogens is 2. The van der Waals surface area contributed by atoms with Gasteiger partial charge in [-0.25, -0.2) is 9.87 Å². The number of hydroxylamine groups is 1. The van der Waals surface area contributed by atoms with Crippen LogP contribution in [0, 0.1) is 15.3 Å². The highest BCUT2D eigenvalue weighted by Gasteiger charge is 2.25. The summed E-state index contributed by atoms with van der Waals surface area (Å²) < 4.78 is 16.9. The average molecular weight is 526 g/mol. The van der Waals surface area contributed by atoms with Gasteiger partial charge in [-0.2, -0.15) is 0 Å². The molecule has 0 aliphatic heterocycles. The number of hydrogen-bond acceptors (Lipinski definition) is 5. The molecule has 2 heterocycles. The highest BCUT2D eigenvalue weighted by molar-refractivity contribution is 14.1. The average Bonchev–Trinajstić information content (AvgIpc) is 3.49. The molecule has 1 amide bonds. The van der Waals surface area contributed by atoms with E-state index < -0.39 is 0 Å². The van der Waals surface area contributed by atoms with Crippen molar-refractivity contribution in [3.05, 3.63) is 51.7 Å². The van der Waals surface area contributed by atoms with Crippen LogP contribution in [0.1, 0.15) is 23.3 Å². The molecule has 3 aromatic rings. The van der Waals surface area contributed by atoms with Gasteiger partial charge in [-0.15, -0.1) is 0 Å². The van der Waals surface area contributed by atoms with E-state index in [1.54, 1.807) is 36.1 Å². The third kappa shape index (κ3) is 5.05. The Labute approximate surface area is 185 Å². The minimum absolute atomic E-state index is 0.250. The lowest BCUT2D eigenvalue weighted by Gasteiger charge is -2.11. The molecule has 10 heteroatoms. The second kappa shape index (κ2) is 9.85. The number of fused-ring (bicyclic) bond motifs is 1. The number of benzene rings is 1. The molecule has 3 N–H and O–H groups in total. The number of nitrogens with zero attached hydrogens (tertiary/aromatic N) is 2. The van der Waals surface area contributed by atoms with E-state index in [4.69, 9.17) is 14.7 Å².